The minimum absolute atomic E-state index is 0.0775. The van der Waals surface area contributed by atoms with Crippen LogP contribution >= 0.6 is 0 Å². The molecule has 0 radical (unpaired) electrons. The van der Waals surface area contributed by atoms with Crippen LogP contribution in [-0.2, 0) is 11.3 Å². The van der Waals surface area contributed by atoms with Gasteiger partial charge in [0.2, 0.25) is 5.91 Å². The number of nitrogens with two attached hydrogens (primary N) is 1. The number of hydrogen-bond donors (Lipinski definition) is 3. The first-order valence-electron chi connectivity index (χ1n) is 6.18. The van der Waals surface area contributed by atoms with Crippen LogP contribution < -0.4 is 11.1 Å². The molecule has 1 amide bonds. The molecule has 7 heteroatoms. The minimum Gasteiger partial charge on any atom is -0.409 e. The Morgan fingerprint density at radius 2 is 2.21 bits per heavy atom. The molecule has 1 aromatic heterocycles. The van der Waals surface area contributed by atoms with Gasteiger partial charge in [-0.05, 0) is 19.8 Å². The molecule has 0 fully saturated rings. The first-order chi connectivity index (χ1) is 9.00. The Kier molecular flexibility index (Phi) is 4.91. The van der Waals surface area contributed by atoms with E-state index in [1.165, 1.54) is 0 Å². The first kappa shape index (κ1) is 15.0. The quantitative estimate of drug-likeness (QED) is 0.310. The highest BCUT2D eigenvalue weighted by atomic mass is 16.5. The number of amidine groups is 1. The summed E-state index contributed by atoms with van der Waals surface area (Å²) in [4.78, 5) is 12.3. The monoisotopic (exact) mass is 268 g/mol. The third kappa shape index (κ3) is 3.04. The van der Waals surface area contributed by atoms with Gasteiger partial charge in [0, 0.05) is 6.07 Å². The van der Waals surface area contributed by atoms with Crippen molar-refractivity contribution >= 4 is 11.7 Å². The Hall–Kier alpha value is -2.05. The molecule has 1 rings (SSSR count). The van der Waals surface area contributed by atoms with Gasteiger partial charge in [0.15, 0.2) is 5.84 Å². The molecule has 19 heavy (non-hydrogen) atoms. The molecule has 0 unspecified atom stereocenters. The third-order valence-electron chi connectivity index (χ3n) is 3.35. The predicted octanol–water partition coefficient (Wildman–Crippen LogP) is 1.15. The van der Waals surface area contributed by atoms with Gasteiger partial charge in [0.1, 0.15) is 16.9 Å². The summed E-state index contributed by atoms with van der Waals surface area (Å²) in [5.74, 6) is 0.317. The van der Waals surface area contributed by atoms with Crippen molar-refractivity contribution < 1.29 is 14.5 Å². The lowest BCUT2D eigenvalue weighted by atomic mass is 9.80. The molecule has 106 valence electrons. The molecule has 4 N–H and O–H groups in total. The molecule has 0 bridgehead atoms. The Labute approximate surface area is 111 Å². The molecule has 0 spiro atoms. The van der Waals surface area contributed by atoms with Gasteiger partial charge in [-0.1, -0.05) is 24.2 Å². The van der Waals surface area contributed by atoms with Crippen LogP contribution in [0.3, 0.4) is 0 Å². The van der Waals surface area contributed by atoms with E-state index in [2.05, 4.69) is 15.6 Å². The van der Waals surface area contributed by atoms with Gasteiger partial charge in [-0.2, -0.15) is 0 Å². The molecule has 0 atom stereocenters. The van der Waals surface area contributed by atoms with E-state index in [-0.39, 0.29) is 18.3 Å². The number of amides is 1. The van der Waals surface area contributed by atoms with Gasteiger partial charge in [-0.15, -0.1) is 0 Å². The zero-order chi connectivity index (χ0) is 14.5. The standard InChI is InChI=1S/C12H20N4O3/c1-4-12(5-2,10(13)15-18)11(17)14-7-9-6-8(3)19-16-9/h6,18H,4-5,7H2,1-3H3,(H2,13,15)(H,14,17). The summed E-state index contributed by atoms with van der Waals surface area (Å²) in [7, 11) is 0. The molecule has 0 aliphatic heterocycles. The van der Waals surface area contributed by atoms with Gasteiger partial charge in [-0.25, -0.2) is 0 Å². The summed E-state index contributed by atoms with van der Waals surface area (Å²) < 4.78 is 4.91. The average Bonchev–Trinajstić information content (AvgIpc) is 2.83. The van der Waals surface area contributed by atoms with E-state index in [0.717, 1.165) is 0 Å². The number of carbonyl (C=O) groups excluding carboxylic acids is 1. The summed E-state index contributed by atoms with van der Waals surface area (Å²) in [5, 5.41) is 18.3. The summed E-state index contributed by atoms with van der Waals surface area (Å²) in [6, 6.07) is 1.74. The van der Waals surface area contributed by atoms with Gasteiger partial charge < -0.3 is 20.8 Å². The molecular formula is C12H20N4O3. The maximum atomic E-state index is 12.3. The van der Waals surface area contributed by atoms with E-state index >= 15 is 0 Å². The fourth-order valence-corrected chi connectivity index (χ4v) is 1.99. The number of rotatable bonds is 6. The van der Waals surface area contributed by atoms with E-state index in [4.69, 9.17) is 15.5 Å². The number of oxime groups is 1. The highest BCUT2D eigenvalue weighted by molar-refractivity contribution is 6.06. The van der Waals surface area contributed by atoms with Gasteiger partial charge in [0.05, 0.1) is 6.54 Å². The largest absolute Gasteiger partial charge is 0.409 e. The van der Waals surface area contributed by atoms with E-state index in [9.17, 15) is 4.79 Å². The summed E-state index contributed by atoms with van der Waals surface area (Å²) in [6.07, 6.45) is 0.895. The number of nitrogens with zero attached hydrogens (tertiary/aromatic N) is 2. The highest BCUT2D eigenvalue weighted by Crippen LogP contribution is 2.27. The van der Waals surface area contributed by atoms with Crippen LogP contribution in [0.2, 0.25) is 0 Å². The predicted molar refractivity (Wildman–Crippen MR) is 69.5 cm³/mol. The second-order valence-corrected chi connectivity index (χ2v) is 4.39. The minimum atomic E-state index is -0.993. The lowest BCUT2D eigenvalue weighted by Gasteiger charge is -2.28. The number of aryl methyl sites for hydroxylation is 1. The van der Waals surface area contributed by atoms with Crippen molar-refractivity contribution in [3.05, 3.63) is 17.5 Å². The molecule has 1 heterocycles. The van der Waals surface area contributed by atoms with Crippen LogP contribution in [0.4, 0.5) is 0 Å². The lowest BCUT2D eigenvalue weighted by Crippen LogP contribution is -2.49. The van der Waals surface area contributed by atoms with Gasteiger partial charge in [0.25, 0.3) is 0 Å². The van der Waals surface area contributed by atoms with Crippen molar-refractivity contribution in [1.82, 2.24) is 10.5 Å². The van der Waals surface area contributed by atoms with E-state index in [1.807, 2.05) is 13.8 Å². The van der Waals surface area contributed by atoms with Crippen LogP contribution in [0.15, 0.2) is 15.7 Å². The molecular weight excluding hydrogens is 248 g/mol. The Bertz CT molecular complexity index is 463. The third-order valence-corrected chi connectivity index (χ3v) is 3.35. The van der Waals surface area contributed by atoms with Crippen molar-refractivity contribution in [2.45, 2.75) is 40.2 Å². The van der Waals surface area contributed by atoms with Crippen molar-refractivity contribution in [2.24, 2.45) is 16.3 Å². The van der Waals surface area contributed by atoms with Crippen LogP contribution in [-0.4, -0.2) is 22.1 Å². The van der Waals surface area contributed by atoms with Crippen LogP contribution in [0, 0.1) is 12.3 Å². The van der Waals surface area contributed by atoms with Crippen LogP contribution in [0.5, 0.6) is 0 Å². The normalized spacial score (nSPS) is 12.5. The molecule has 0 aliphatic rings. The zero-order valence-electron chi connectivity index (χ0n) is 11.4. The topological polar surface area (TPSA) is 114 Å². The molecule has 1 aromatic rings. The van der Waals surface area contributed by atoms with E-state index in [0.29, 0.717) is 24.3 Å². The second kappa shape index (κ2) is 6.21. The average molecular weight is 268 g/mol. The highest BCUT2D eigenvalue weighted by Gasteiger charge is 2.39. The molecule has 0 aromatic carbocycles. The summed E-state index contributed by atoms with van der Waals surface area (Å²) >= 11 is 0. The maximum absolute atomic E-state index is 12.3. The van der Waals surface area contributed by atoms with Crippen molar-refractivity contribution in [1.29, 1.82) is 0 Å². The number of nitrogens with one attached hydrogen (secondary N) is 1. The van der Waals surface area contributed by atoms with Gasteiger partial charge in [-0.3, -0.25) is 4.79 Å². The number of carbonyl (C=O) groups is 1. The maximum Gasteiger partial charge on any atom is 0.234 e. The second-order valence-electron chi connectivity index (χ2n) is 4.39. The van der Waals surface area contributed by atoms with E-state index in [1.54, 1.807) is 13.0 Å². The molecule has 0 saturated heterocycles. The molecule has 0 saturated carbocycles. The molecule has 0 aliphatic carbocycles. The van der Waals surface area contributed by atoms with Gasteiger partial charge >= 0.3 is 0 Å². The van der Waals surface area contributed by atoms with E-state index < -0.39 is 5.41 Å². The Morgan fingerprint density at radius 3 is 2.63 bits per heavy atom. The van der Waals surface area contributed by atoms with Crippen molar-refractivity contribution in [2.75, 3.05) is 0 Å². The summed E-state index contributed by atoms with van der Waals surface area (Å²) in [6.45, 7) is 5.66. The number of hydrogen-bond acceptors (Lipinski definition) is 5. The number of aromatic nitrogens is 1. The fraction of sp³-hybridized carbons (Fsp3) is 0.583. The zero-order valence-corrected chi connectivity index (χ0v) is 11.4. The Balaban J connectivity index is 2.78. The lowest BCUT2D eigenvalue weighted by molar-refractivity contribution is -0.128. The Morgan fingerprint density at radius 1 is 1.58 bits per heavy atom. The smallest absolute Gasteiger partial charge is 0.234 e. The SMILES string of the molecule is CCC(CC)(C(=O)NCc1cc(C)on1)C(N)=NO. The van der Waals surface area contributed by atoms with Crippen molar-refractivity contribution in [3.8, 4) is 0 Å². The van der Waals surface area contributed by atoms with Crippen molar-refractivity contribution in [3.63, 3.8) is 0 Å². The fourth-order valence-electron chi connectivity index (χ4n) is 1.99. The first-order valence-corrected chi connectivity index (χ1v) is 6.18. The summed E-state index contributed by atoms with van der Waals surface area (Å²) in [5.41, 5.74) is 5.29. The molecule has 7 nitrogen and oxygen atoms in total. The van der Waals surface area contributed by atoms with Crippen LogP contribution in [0.1, 0.15) is 38.1 Å². The van der Waals surface area contributed by atoms with Crippen LogP contribution in [0.25, 0.3) is 0 Å².